The van der Waals surface area contributed by atoms with E-state index in [1.54, 1.807) is 18.0 Å². The Hall–Kier alpha value is -2.82. The highest BCUT2D eigenvalue weighted by Gasteiger charge is 2.24. The molecule has 1 N–H and O–H groups in total. The van der Waals surface area contributed by atoms with Crippen molar-refractivity contribution in [1.29, 1.82) is 0 Å². The smallest absolute Gasteiger partial charge is 0.264 e. The zero-order valence-corrected chi connectivity index (χ0v) is 15.5. The second-order valence-corrected chi connectivity index (χ2v) is 6.72. The Morgan fingerprint density at radius 2 is 2.00 bits per heavy atom. The van der Waals surface area contributed by atoms with Crippen molar-refractivity contribution in [2.24, 2.45) is 0 Å². The van der Waals surface area contributed by atoms with Crippen molar-refractivity contribution in [3.05, 3.63) is 53.1 Å². The first-order valence-electron chi connectivity index (χ1n) is 8.84. The summed E-state index contributed by atoms with van der Waals surface area (Å²) in [4.78, 5) is 25.6. The van der Waals surface area contributed by atoms with Crippen LogP contribution in [-0.2, 0) is 16.0 Å². The molecule has 2 aromatic carbocycles. The van der Waals surface area contributed by atoms with Crippen LogP contribution in [0.3, 0.4) is 0 Å². The van der Waals surface area contributed by atoms with Gasteiger partial charge < -0.3 is 15.0 Å². The van der Waals surface area contributed by atoms with E-state index in [9.17, 15) is 9.59 Å². The second kappa shape index (κ2) is 7.60. The number of carbonyl (C=O) groups excluding carboxylic acids is 2. The standard InChI is InChI=1S/C21H24N2O3/c1-14-10-11-16(12-15(14)2)6-4-9-19(24)22-17-7-5-8-18-21(17)26-13-20(25)23(18)3/h5,7-8,10-12H,4,6,9,13H2,1-3H3,(H,22,24). The summed E-state index contributed by atoms with van der Waals surface area (Å²) in [6, 6.07) is 11.8. The normalized spacial score (nSPS) is 13.2. The van der Waals surface area contributed by atoms with Crippen LogP contribution in [0.2, 0.25) is 0 Å². The van der Waals surface area contributed by atoms with Gasteiger partial charge in [-0.1, -0.05) is 24.3 Å². The van der Waals surface area contributed by atoms with E-state index in [1.807, 2.05) is 12.1 Å². The molecule has 0 saturated carbocycles. The average Bonchev–Trinajstić information content (AvgIpc) is 2.61. The molecular formula is C21H24N2O3. The fraction of sp³-hybridized carbons (Fsp3) is 0.333. The van der Waals surface area contributed by atoms with Crippen LogP contribution in [0, 0.1) is 13.8 Å². The molecule has 0 bridgehead atoms. The Balaban J connectivity index is 1.59. The van der Waals surface area contributed by atoms with Gasteiger partial charge in [-0.3, -0.25) is 9.59 Å². The number of fused-ring (bicyclic) bond motifs is 1. The summed E-state index contributed by atoms with van der Waals surface area (Å²) < 4.78 is 5.53. The number of benzene rings is 2. The summed E-state index contributed by atoms with van der Waals surface area (Å²) in [5, 5.41) is 2.91. The van der Waals surface area contributed by atoms with Gasteiger partial charge in [0.1, 0.15) is 0 Å². The minimum absolute atomic E-state index is 0.0108. The van der Waals surface area contributed by atoms with Crippen LogP contribution in [0.4, 0.5) is 11.4 Å². The first-order valence-corrected chi connectivity index (χ1v) is 8.84. The minimum Gasteiger partial charge on any atom is -0.479 e. The van der Waals surface area contributed by atoms with Gasteiger partial charge >= 0.3 is 0 Å². The number of aryl methyl sites for hydroxylation is 3. The van der Waals surface area contributed by atoms with Crippen molar-refractivity contribution >= 4 is 23.2 Å². The van der Waals surface area contributed by atoms with Gasteiger partial charge in [0, 0.05) is 13.5 Å². The molecule has 3 rings (SSSR count). The van der Waals surface area contributed by atoms with Crippen LogP contribution in [0.25, 0.3) is 0 Å². The third kappa shape index (κ3) is 3.87. The first kappa shape index (κ1) is 18.0. The van der Waals surface area contributed by atoms with E-state index in [0.717, 1.165) is 12.8 Å². The maximum Gasteiger partial charge on any atom is 0.264 e. The summed E-state index contributed by atoms with van der Waals surface area (Å²) in [6.45, 7) is 4.19. The highest BCUT2D eigenvalue weighted by atomic mass is 16.5. The van der Waals surface area contributed by atoms with Crippen LogP contribution in [0.5, 0.6) is 5.75 Å². The number of nitrogens with one attached hydrogen (secondary N) is 1. The zero-order chi connectivity index (χ0) is 18.7. The van der Waals surface area contributed by atoms with Crippen molar-refractivity contribution in [3.8, 4) is 5.75 Å². The van der Waals surface area contributed by atoms with Crippen LogP contribution in [-0.4, -0.2) is 25.5 Å². The fourth-order valence-electron chi connectivity index (χ4n) is 3.03. The Kier molecular flexibility index (Phi) is 5.26. The monoisotopic (exact) mass is 352 g/mol. The third-order valence-corrected chi connectivity index (χ3v) is 4.78. The number of rotatable bonds is 5. The van der Waals surface area contributed by atoms with Gasteiger partial charge in [-0.05, 0) is 55.5 Å². The number of hydrogen-bond donors (Lipinski definition) is 1. The molecule has 1 aliphatic heterocycles. The van der Waals surface area contributed by atoms with Gasteiger partial charge in [-0.15, -0.1) is 0 Å². The quantitative estimate of drug-likeness (QED) is 0.894. The maximum atomic E-state index is 12.3. The molecule has 1 heterocycles. The van der Waals surface area contributed by atoms with Gasteiger partial charge in [-0.2, -0.15) is 0 Å². The summed E-state index contributed by atoms with van der Waals surface area (Å²) >= 11 is 0. The molecule has 5 nitrogen and oxygen atoms in total. The predicted octanol–water partition coefficient (Wildman–Crippen LogP) is 3.62. The molecule has 0 atom stereocenters. The molecule has 26 heavy (non-hydrogen) atoms. The third-order valence-electron chi connectivity index (χ3n) is 4.78. The molecule has 0 spiro atoms. The Morgan fingerprint density at radius 1 is 1.19 bits per heavy atom. The SMILES string of the molecule is Cc1ccc(CCCC(=O)Nc2cccc3c2OCC(=O)N3C)cc1C. The molecule has 136 valence electrons. The summed E-state index contributed by atoms with van der Waals surface area (Å²) in [5.74, 6) is 0.400. The van der Waals surface area contributed by atoms with Crippen LogP contribution >= 0.6 is 0 Å². The van der Waals surface area contributed by atoms with E-state index in [1.165, 1.54) is 16.7 Å². The highest BCUT2D eigenvalue weighted by molar-refractivity contribution is 6.01. The van der Waals surface area contributed by atoms with Crippen molar-refractivity contribution in [2.45, 2.75) is 33.1 Å². The molecule has 5 heteroatoms. The van der Waals surface area contributed by atoms with Gasteiger partial charge in [0.2, 0.25) is 5.91 Å². The largest absolute Gasteiger partial charge is 0.479 e. The number of para-hydroxylation sites is 1. The molecule has 0 radical (unpaired) electrons. The second-order valence-electron chi connectivity index (χ2n) is 6.72. The maximum absolute atomic E-state index is 12.3. The fourth-order valence-corrected chi connectivity index (χ4v) is 3.03. The van der Waals surface area contributed by atoms with Crippen molar-refractivity contribution in [1.82, 2.24) is 0 Å². The van der Waals surface area contributed by atoms with Crippen molar-refractivity contribution in [2.75, 3.05) is 23.9 Å². The van der Waals surface area contributed by atoms with Crippen molar-refractivity contribution in [3.63, 3.8) is 0 Å². The van der Waals surface area contributed by atoms with E-state index in [4.69, 9.17) is 4.74 Å². The number of carbonyl (C=O) groups is 2. The minimum atomic E-state index is -0.102. The lowest BCUT2D eigenvalue weighted by Gasteiger charge is -2.27. The number of anilines is 2. The number of amides is 2. The van der Waals surface area contributed by atoms with Crippen LogP contribution in [0.1, 0.15) is 29.5 Å². The lowest BCUT2D eigenvalue weighted by atomic mass is 10.0. The molecule has 2 amide bonds. The summed E-state index contributed by atoms with van der Waals surface area (Å²) in [6.07, 6.45) is 2.09. The van der Waals surface area contributed by atoms with E-state index in [2.05, 4.69) is 37.4 Å². The zero-order valence-electron chi connectivity index (χ0n) is 15.5. The van der Waals surface area contributed by atoms with E-state index in [0.29, 0.717) is 23.5 Å². The Morgan fingerprint density at radius 3 is 2.77 bits per heavy atom. The van der Waals surface area contributed by atoms with Gasteiger partial charge in [0.15, 0.2) is 12.4 Å². The Bertz CT molecular complexity index is 845. The van der Waals surface area contributed by atoms with Gasteiger partial charge in [0.05, 0.1) is 11.4 Å². The molecule has 0 aliphatic carbocycles. The molecule has 1 aliphatic rings. The summed E-state index contributed by atoms with van der Waals surface area (Å²) in [7, 11) is 1.71. The van der Waals surface area contributed by atoms with E-state index >= 15 is 0 Å². The number of nitrogens with zero attached hydrogens (tertiary/aromatic N) is 1. The van der Waals surface area contributed by atoms with Gasteiger partial charge in [0.25, 0.3) is 5.91 Å². The Labute approximate surface area is 154 Å². The van der Waals surface area contributed by atoms with E-state index < -0.39 is 0 Å². The predicted molar refractivity (Wildman–Crippen MR) is 103 cm³/mol. The number of ether oxygens (including phenoxy) is 1. The topological polar surface area (TPSA) is 58.6 Å². The first-order chi connectivity index (χ1) is 12.5. The highest BCUT2D eigenvalue weighted by Crippen LogP contribution is 2.38. The van der Waals surface area contributed by atoms with Crippen LogP contribution in [0.15, 0.2) is 36.4 Å². The molecule has 2 aromatic rings. The lowest BCUT2D eigenvalue weighted by molar-refractivity contribution is -0.121. The molecule has 0 unspecified atom stereocenters. The molecule has 0 aromatic heterocycles. The molecule has 0 fully saturated rings. The number of likely N-dealkylation sites (N-methyl/N-ethyl adjacent to an activating group) is 1. The van der Waals surface area contributed by atoms with Gasteiger partial charge in [-0.25, -0.2) is 0 Å². The summed E-state index contributed by atoms with van der Waals surface area (Å²) in [5.41, 5.74) is 5.09. The average molecular weight is 352 g/mol. The molecule has 0 saturated heterocycles. The van der Waals surface area contributed by atoms with Crippen LogP contribution < -0.4 is 15.0 Å². The molecular weight excluding hydrogens is 328 g/mol. The lowest BCUT2D eigenvalue weighted by Crippen LogP contribution is -2.35. The number of hydrogen-bond acceptors (Lipinski definition) is 3. The van der Waals surface area contributed by atoms with E-state index in [-0.39, 0.29) is 18.4 Å². The van der Waals surface area contributed by atoms with Crippen molar-refractivity contribution < 1.29 is 14.3 Å².